The molecule has 2 aliphatic carbocycles. The van der Waals surface area contributed by atoms with E-state index in [1.54, 1.807) is 12.5 Å². The summed E-state index contributed by atoms with van der Waals surface area (Å²) in [6.45, 7) is 0. The molecule has 1 heterocycles. The van der Waals surface area contributed by atoms with Gasteiger partial charge in [-0.1, -0.05) is 51.4 Å². The van der Waals surface area contributed by atoms with E-state index in [1.807, 2.05) is 0 Å². The summed E-state index contributed by atoms with van der Waals surface area (Å²) in [5.74, 6) is 0.310. The second kappa shape index (κ2) is 11.1. The zero-order valence-corrected chi connectivity index (χ0v) is 17.4. The maximum atomic E-state index is 12.8. The highest BCUT2D eigenvalue weighted by Gasteiger charge is 2.35. The first kappa shape index (κ1) is 22.2. The van der Waals surface area contributed by atoms with Crippen molar-refractivity contribution in [1.82, 2.24) is 15.3 Å². The summed E-state index contributed by atoms with van der Waals surface area (Å²) in [5, 5.41) is 24.9. The molecule has 2 fully saturated rings. The number of aliphatic hydroxyl groups is 2. The maximum Gasteiger partial charge on any atom is 0.237 e. The van der Waals surface area contributed by atoms with E-state index in [2.05, 4.69) is 15.3 Å². The molecule has 29 heavy (non-hydrogen) atoms. The lowest BCUT2D eigenvalue weighted by Crippen LogP contribution is -2.55. The van der Waals surface area contributed by atoms with Crippen LogP contribution in [-0.4, -0.2) is 50.4 Å². The smallest absolute Gasteiger partial charge is 0.237 e. The van der Waals surface area contributed by atoms with Gasteiger partial charge in [-0.2, -0.15) is 0 Å². The third-order valence-electron chi connectivity index (χ3n) is 6.87. The second-order valence-electron chi connectivity index (χ2n) is 9.12. The van der Waals surface area contributed by atoms with E-state index in [1.165, 1.54) is 25.7 Å². The molecule has 0 radical (unpaired) electrons. The minimum atomic E-state index is -0.955. The minimum Gasteiger partial charge on any atom is -0.390 e. The maximum absolute atomic E-state index is 12.8. The predicted octanol–water partition coefficient (Wildman–Crippen LogP) is 2.04. The third kappa shape index (κ3) is 6.52. The monoisotopic (exact) mass is 406 g/mol. The van der Waals surface area contributed by atoms with E-state index < -0.39 is 24.3 Å². The Labute approximate surface area is 173 Å². The van der Waals surface area contributed by atoms with Crippen molar-refractivity contribution < 1.29 is 15.0 Å². The van der Waals surface area contributed by atoms with Crippen molar-refractivity contribution in [2.45, 2.75) is 101 Å². The molecule has 0 unspecified atom stereocenters. The normalized spacial score (nSPS) is 23.3. The van der Waals surface area contributed by atoms with Gasteiger partial charge in [0.05, 0.1) is 24.5 Å². The fraction of sp³-hybridized carbons (Fsp3) is 0.818. The van der Waals surface area contributed by atoms with Crippen LogP contribution in [0.2, 0.25) is 0 Å². The van der Waals surface area contributed by atoms with Crippen molar-refractivity contribution in [1.29, 1.82) is 0 Å². The Balaban J connectivity index is 1.63. The van der Waals surface area contributed by atoms with Crippen LogP contribution >= 0.6 is 0 Å². The average Bonchev–Trinajstić information content (AvgIpc) is 3.26. The Hall–Kier alpha value is -1.44. The van der Waals surface area contributed by atoms with E-state index in [0.29, 0.717) is 18.8 Å². The first-order chi connectivity index (χ1) is 14.0. The summed E-state index contributed by atoms with van der Waals surface area (Å²) in [6, 6.07) is -1.18. The number of carbonyl (C=O) groups is 1. The lowest BCUT2D eigenvalue weighted by molar-refractivity contribution is -0.125. The van der Waals surface area contributed by atoms with Crippen molar-refractivity contribution in [3.8, 4) is 0 Å². The number of nitrogens with zero attached hydrogens (tertiary/aromatic N) is 1. The van der Waals surface area contributed by atoms with Crippen molar-refractivity contribution in [2.24, 2.45) is 17.6 Å². The van der Waals surface area contributed by atoms with Crippen LogP contribution in [0.3, 0.4) is 0 Å². The number of H-pyrrole nitrogens is 1. The molecule has 7 nitrogen and oxygen atoms in total. The summed E-state index contributed by atoms with van der Waals surface area (Å²) in [4.78, 5) is 19.7. The van der Waals surface area contributed by atoms with Gasteiger partial charge >= 0.3 is 0 Å². The van der Waals surface area contributed by atoms with Gasteiger partial charge in [-0.3, -0.25) is 4.79 Å². The third-order valence-corrected chi connectivity index (χ3v) is 6.87. The SMILES string of the molecule is N[C@@H](Cc1cnc[nH]1)C(=O)N[C@H](CC1CCCCC1)[C@H](O)[C@H](O)C1CCCCC1. The number of hydrogen-bond donors (Lipinski definition) is 5. The molecule has 2 saturated carbocycles. The fourth-order valence-electron chi connectivity index (χ4n) is 5.07. The van der Waals surface area contributed by atoms with Crippen LogP contribution in [-0.2, 0) is 11.2 Å². The summed E-state index contributed by atoms with van der Waals surface area (Å²) in [5.41, 5.74) is 6.91. The van der Waals surface area contributed by atoms with Gasteiger partial charge < -0.3 is 26.2 Å². The molecule has 0 aliphatic heterocycles. The summed E-state index contributed by atoms with van der Waals surface area (Å²) in [6.07, 6.45) is 13.7. The molecule has 0 bridgehead atoms. The fourth-order valence-corrected chi connectivity index (χ4v) is 5.07. The van der Waals surface area contributed by atoms with Gasteiger partial charge in [-0.05, 0) is 31.1 Å². The van der Waals surface area contributed by atoms with Gasteiger partial charge in [0, 0.05) is 18.3 Å². The molecular weight excluding hydrogens is 368 g/mol. The molecule has 1 aromatic heterocycles. The van der Waals surface area contributed by atoms with Crippen molar-refractivity contribution in [3.05, 3.63) is 18.2 Å². The molecule has 0 aromatic carbocycles. The van der Waals surface area contributed by atoms with Gasteiger partial charge in [0.2, 0.25) is 5.91 Å². The van der Waals surface area contributed by atoms with Crippen LogP contribution in [0.4, 0.5) is 0 Å². The summed E-state index contributed by atoms with van der Waals surface area (Å²) >= 11 is 0. The van der Waals surface area contributed by atoms with Crippen molar-refractivity contribution in [3.63, 3.8) is 0 Å². The summed E-state index contributed by atoms with van der Waals surface area (Å²) in [7, 11) is 0. The molecule has 2 aliphatic rings. The highest BCUT2D eigenvalue weighted by molar-refractivity contribution is 5.82. The molecule has 0 spiro atoms. The zero-order valence-electron chi connectivity index (χ0n) is 17.4. The predicted molar refractivity (Wildman–Crippen MR) is 112 cm³/mol. The standard InChI is InChI=1S/C22H38N4O3/c23-18(12-17-13-24-14-25-17)22(29)26-19(11-15-7-3-1-4-8-15)21(28)20(27)16-9-5-2-6-10-16/h13-16,18-21,27-28H,1-12,23H2,(H,24,25)(H,26,29)/t18-,19+,20+,21-/m0/s1. The summed E-state index contributed by atoms with van der Waals surface area (Å²) < 4.78 is 0. The molecule has 0 saturated heterocycles. The van der Waals surface area contributed by atoms with Crippen LogP contribution in [0.5, 0.6) is 0 Å². The van der Waals surface area contributed by atoms with E-state index in [4.69, 9.17) is 5.73 Å². The molecular formula is C22H38N4O3. The molecule has 1 amide bonds. The number of aromatic nitrogens is 2. The number of hydrogen-bond acceptors (Lipinski definition) is 5. The van der Waals surface area contributed by atoms with Gasteiger partial charge in [0.15, 0.2) is 0 Å². The number of nitrogens with two attached hydrogens (primary N) is 1. The molecule has 4 atom stereocenters. The Morgan fingerprint density at radius 1 is 1.14 bits per heavy atom. The molecule has 164 valence electrons. The lowest BCUT2D eigenvalue weighted by Gasteiger charge is -2.36. The lowest BCUT2D eigenvalue weighted by atomic mass is 9.78. The van der Waals surface area contributed by atoms with Crippen LogP contribution in [0.25, 0.3) is 0 Å². The average molecular weight is 407 g/mol. The molecule has 1 aromatic rings. The number of imidazole rings is 1. The topological polar surface area (TPSA) is 124 Å². The number of aliphatic hydroxyl groups excluding tert-OH is 2. The molecule has 6 N–H and O–H groups in total. The zero-order chi connectivity index (χ0) is 20.6. The van der Waals surface area contributed by atoms with E-state index in [9.17, 15) is 15.0 Å². The first-order valence-corrected chi connectivity index (χ1v) is 11.4. The first-order valence-electron chi connectivity index (χ1n) is 11.4. The van der Waals surface area contributed by atoms with Crippen LogP contribution in [0, 0.1) is 11.8 Å². The number of carbonyl (C=O) groups excluding carboxylic acids is 1. The number of rotatable bonds is 9. The number of amides is 1. The van der Waals surface area contributed by atoms with Gasteiger partial charge in [-0.15, -0.1) is 0 Å². The molecule has 3 rings (SSSR count). The Morgan fingerprint density at radius 3 is 2.41 bits per heavy atom. The van der Waals surface area contributed by atoms with Crippen molar-refractivity contribution >= 4 is 5.91 Å². The van der Waals surface area contributed by atoms with Crippen LogP contribution < -0.4 is 11.1 Å². The number of aromatic amines is 1. The van der Waals surface area contributed by atoms with Gasteiger partial charge in [0.25, 0.3) is 0 Å². The highest BCUT2D eigenvalue weighted by Crippen LogP contribution is 2.32. The Kier molecular flexibility index (Phi) is 8.51. The number of nitrogens with one attached hydrogen (secondary N) is 2. The Bertz CT molecular complexity index is 597. The minimum absolute atomic E-state index is 0.114. The van der Waals surface area contributed by atoms with Gasteiger partial charge in [-0.25, -0.2) is 4.98 Å². The van der Waals surface area contributed by atoms with Crippen molar-refractivity contribution in [2.75, 3.05) is 0 Å². The Morgan fingerprint density at radius 2 is 1.79 bits per heavy atom. The second-order valence-corrected chi connectivity index (χ2v) is 9.12. The highest BCUT2D eigenvalue weighted by atomic mass is 16.3. The largest absolute Gasteiger partial charge is 0.390 e. The van der Waals surface area contributed by atoms with E-state index in [0.717, 1.165) is 44.2 Å². The van der Waals surface area contributed by atoms with Crippen LogP contribution in [0.15, 0.2) is 12.5 Å². The quantitative estimate of drug-likeness (QED) is 0.429. The molecule has 7 heteroatoms. The van der Waals surface area contributed by atoms with Crippen LogP contribution in [0.1, 0.15) is 76.3 Å². The van der Waals surface area contributed by atoms with E-state index >= 15 is 0 Å². The van der Waals surface area contributed by atoms with Gasteiger partial charge in [0.1, 0.15) is 6.10 Å². The van der Waals surface area contributed by atoms with E-state index in [-0.39, 0.29) is 11.8 Å².